The van der Waals surface area contributed by atoms with Crippen molar-refractivity contribution in [3.63, 3.8) is 0 Å². The SMILES string of the molecule is O=C(O)CNS(=O)(=O)c1cc(-c2noc(C3CCC3)n2)cs1. The zero-order valence-electron chi connectivity index (χ0n) is 11.4. The second kappa shape index (κ2) is 5.78. The molecule has 1 aliphatic rings. The van der Waals surface area contributed by atoms with Gasteiger partial charge in [0, 0.05) is 16.9 Å². The van der Waals surface area contributed by atoms with E-state index >= 15 is 0 Å². The van der Waals surface area contributed by atoms with E-state index in [0.717, 1.165) is 30.6 Å². The molecule has 0 aliphatic heterocycles. The molecule has 0 unspecified atom stereocenters. The number of rotatable bonds is 6. The molecule has 10 heteroatoms. The standard InChI is InChI=1S/C12H13N3O5S2/c16-9(17)5-13-22(18,19)10-4-8(6-21-10)11-14-12(20-15-11)7-2-1-3-7/h4,6-7,13H,1-3,5H2,(H,16,17). The molecule has 0 amide bonds. The van der Waals surface area contributed by atoms with Crippen LogP contribution in [0.3, 0.4) is 0 Å². The molecule has 8 nitrogen and oxygen atoms in total. The first kappa shape index (κ1) is 15.1. The summed E-state index contributed by atoms with van der Waals surface area (Å²) in [5, 5.41) is 14.0. The Morgan fingerprint density at radius 1 is 1.50 bits per heavy atom. The molecule has 0 spiro atoms. The van der Waals surface area contributed by atoms with Crippen LogP contribution in [0.4, 0.5) is 0 Å². The van der Waals surface area contributed by atoms with Crippen LogP contribution in [0.15, 0.2) is 20.2 Å². The number of sulfonamides is 1. The summed E-state index contributed by atoms with van der Waals surface area (Å²) in [6, 6.07) is 1.41. The summed E-state index contributed by atoms with van der Waals surface area (Å²) in [6.07, 6.45) is 3.21. The summed E-state index contributed by atoms with van der Waals surface area (Å²) < 4.78 is 31.1. The van der Waals surface area contributed by atoms with Crippen LogP contribution >= 0.6 is 11.3 Å². The first-order chi connectivity index (χ1) is 10.5. The van der Waals surface area contributed by atoms with Crippen molar-refractivity contribution < 1.29 is 22.8 Å². The van der Waals surface area contributed by atoms with Gasteiger partial charge in [-0.25, -0.2) is 8.42 Å². The van der Waals surface area contributed by atoms with Crippen molar-refractivity contribution >= 4 is 27.3 Å². The monoisotopic (exact) mass is 343 g/mol. The molecular weight excluding hydrogens is 330 g/mol. The molecule has 0 aromatic carbocycles. The number of thiophene rings is 1. The Morgan fingerprint density at radius 2 is 2.27 bits per heavy atom. The molecule has 0 atom stereocenters. The Labute approximate surface area is 130 Å². The number of nitrogens with one attached hydrogen (secondary N) is 1. The van der Waals surface area contributed by atoms with Gasteiger partial charge in [-0.05, 0) is 18.9 Å². The fraction of sp³-hybridized carbons (Fsp3) is 0.417. The van der Waals surface area contributed by atoms with Crippen molar-refractivity contribution in [3.05, 3.63) is 17.3 Å². The van der Waals surface area contributed by atoms with Crippen LogP contribution in [0.2, 0.25) is 0 Å². The maximum Gasteiger partial charge on any atom is 0.318 e. The first-order valence-corrected chi connectivity index (χ1v) is 8.96. The summed E-state index contributed by atoms with van der Waals surface area (Å²) >= 11 is 0.975. The molecule has 0 saturated heterocycles. The van der Waals surface area contributed by atoms with Crippen LogP contribution < -0.4 is 4.72 Å². The van der Waals surface area contributed by atoms with E-state index in [1.54, 1.807) is 5.38 Å². The van der Waals surface area contributed by atoms with E-state index < -0.39 is 22.5 Å². The molecule has 118 valence electrons. The van der Waals surface area contributed by atoms with Crippen LogP contribution in [-0.2, 0) is 14.8 Å². The van der Waals surface area contributed by atoms with Gasteiger partial charge in [0.05, 0.1) is 0 Å². The number of aromatic nitrogens is 2. The average molecular weight is 343 g/mol. The average Bonchev–Trinajstić information content (AvgIpc) is 3.02. The first-order valence-electron chi connectivity index (χ1n) is 6.59. The summed E-state index contributed by atoms with van der Waals surface area (Å²) in [7, 11) is -3.84. The molecule has 0 radical (unpaired) electrons. The Balaban J connectivity index is 1.78. The second-order valence-corrected chi connectivity index (χ2v) is 7.86. The Kier molecular flexibility index (Phi) is 3.98. The van der Waals surface area contributed by atoms with Crippen molar-refractivity contribution in [1.29, 1.82) is 0 Å². The molecule has 1 fully saturated rings. The smallest absolute Gasteiger partial charge is 0.318 e. The molecule has 2 aromatic rings. The Hall–Kier alpha value is -1.78. The van der Waals surface area contributed by atoms with E-state index in [2.05, 4.69) is 10.1 Å². The molecule has 0 bridgehead atoms. The quantitative estimate of drug-likeness (QED) is 0.813. The molecule has 22 heavy (non-hydrogen) atoms. The summed E-state index contributed by atoms with van der Waals surface area (Å²) in [5.41, 5.74) is 0.537. The Morgan fingerprint density at radius 3 is 2.91 bits per heavy atom. The largest absolute Gasteiger partial charge is 0.480 e. The molecule has 2 N–H and O–H groups in total. The van der Waals surface area contributed by atoms with E-state index in [1.807, 2.05) is 4.72 Å². The number of carbonyl (C=O) groups is 1. The highest BCUT2D eigenvalue weighted by molar-refractivity contribution is 7.91. The second-order valence-electron chi connectivity index (χ2n) is 4.96. The van der Waals surface area contributed by atoms with E-state index in [-0.39, 0.29) is 4.21 Å². The van der Waals surface area contributed by atoms with E-state index in [9.17, 15) is 13.2 Å². The summed E-state index contributed by atoms with van der Waals surface area (Å²) in [4.78, 5) is 14.7. The molecule has 3 rings (SSSR count). The van der Waals surface area contributed by atoms with Crippen molar-refractivity contribution in [2.45, 2.75) is 29.4 Å². The lowest BCUT2D eigenvalue weighted by molar-refractivity contribution is -0.135. The molecule has 2 heterocycles. The Bertz CT molecular complexity index is 791. The maximum absolute atomic E-state index is 11.9. The zero-order chi connectivity index (χ0) is 15.7. The fourth-order valence-electron chi connectivity index (χ4n) is 1.98. The number of carboxylic acid groups (broad SMARTS) is 1. The van der Waals surface area contributed by atoms with Crippen LogP contribution in [0.25, 0.3) is 11.4 Å². The molecule has 1 saturated carbocycles. The van der Waals surface area contributed by atoms with Crippen molar-refractivity contribution in [1.82, 2.24) is 14.9 Å². The third-order valence-electron chi connectivity index (χ3n) is 3.41. The number of nitrogens with zero attached hydrogens (tertiary/aromatic N) is 2. The fourth-order valence-corrected chi connectivity index (χ4v) is 4.15. The minimum atomic E-state index is -3.84. The highest BCUT2D eigenvalue weighted by Gasteiger charge is 2.26. The third kappa shape index (κ3) is 3.03. The van der Waals surface area contributed by atoms with Gasteiger partial charge in [0.15, 0.2) is 0 Å². The highest BCUT2D eigenvalue weighted by atomic mass is 32.2. The lowest BCUT2D eigenvalue weighted by atomic mass is 9.85. The zero-order valence-corrected chi connectivity index (χ0v) is 13.0. The third-order valence-corrected chi connectivity index (χ3v) is 6.25. The predicted octanol–water partition coefficient (Wildman–Crippen LogP) is 1.43. The van der Waals surface area contributed by atoms with Crippen molar-refractivity contribution in [2.24, 2.45) is 0 Å². The van der Waals surface area contributed by atoms with Crippen LogP contribution in [0, 0.1) is 0 Å². The predicted molar refractivity (Wildman–Crippen MR) is 77.0 cm³/mol. The van der Waals surface area contributed by atoms with E-state index in [0.29, 0.717) is 23.2 Å². The minimum Gasteiger partial charge on any atom is -0.480 e. The lowest BCUT2D eigenvalue weighted by Gasteiger charge is -2.20. The normalized spacial score (nSPS) is 15.6. The number of carboxylic acids is 1. The minimum absolute atomic E-state index is 0.0127. The van der Waals surface area contributed by atoms with Gasteiger partial charge in [0.25, 0.3) is 10.0 Å². The summed E-state index contributed by atoms with van der Waals surface area (Å²) in [6.45, 7) is -0.663. The van der Waals surface area contributed by atoms with Crippen LogP contribution in [-0.4, -0.2) is 36.2 Å². The highest BCUT2D eigenvalue weighted by Crippen LogP contribution is 2.36. The lowest BCUT2D eigenvalue weighted by Crippen LogP contribution is -2.28. The van der Waals surface area contributed by atoms with Gasteiger partial charge < -0.3 is 9.63 Å². The van der Waals surface area contributed by atoms with Crippen molar-refractivity contribution in [3.8, 4) is 11.4 Å². The van der Waals surface area contributed by atoms with Crippen molar-refractivity contribution in [2.75, 3.05) is 6.54 Å². The van der Waals surface area contributed by atoms with Gasteiger partial charge in [0.1, 0.15) is 10.8 Å². The van der Waals surface area contributed by atoms with E-state index in [4.69, 9.17) is 9.63 Å². The molecule has 1 aliphatic carbocycles. The van der Waals surface area contributed by atoms with Gasteiger partial charge in [-0.2, -0.15) is 9.71 Å². The molecule has 2 aromatic heterocycles. The number of hydrogen-bond acceptors (Lipinski definition) is 7. The van der Waals surface area contributed by atoms with Crippen LogP contribution in [0.1, 0.15) is 31.1 Å². The van der Waals surface area contributed by atoms with Gasteiger partial charge in [0.2, 0.25) is 11.7 Å². The maximum atomic E-state index is 11.9. The topological polar surface area (TPSA) is 122 Å². The van der Waals surface area contributed by atoms with Gasteiger partial charge in [-0.15, -0.1) is 11.3 Å². The van der Waals surface area contributed by atoms with E-state index in [1.165, 1.54) is 6.07 Å². The summed E-state index contributed by atoms with van der Waals surface area (Å²) in [5.74, 6) is -0.0114. The number of hydrogen-bond donors (Lipinski definition) is 2. The van der Waals surface area contributed by atoms with Crippen LogP contribution in [0.5, 0.6) is 0 Å². The number of aliphatic carboxylic acids is 1. The van der Waals surface area contributed by atoms with Gasteiger partial charge in [-0.1, -0.05) is 11.6 Å². The van der Waals surface area contributed by atoms with Gasteiger partial charge in [-0.3, -0.25) is 4.79 Å². The van der Waals surface area contributed by atoms with Gasteiger partial charge >= 0.3 is 5.97 Å². The molecular formula is C12H13N3O5S2.